The lowest BCUT2D eigenvalue weighted by atomic mass is 10.1. The van der Waals surface area contributed by atoms with Crippen molar-refractivity contribution in [1.82, 2.24) is 0 Å². The number of cyclic esters (lactones) is 1. The van der Waals surface area contributed by atoms with E-state index < -0.39 is 17.4 Å². The highest BCUT2D eigenvalue weighted by molar-refractivity contribution is 6.05. The van der Waals surface area contributed by atoms with Gasteiger partial charge in [0.2, 0.25) is 0 Å². The lowest BCUT2D eigenvalue weighted by molar-refractivity contribution is -0.162. The minimum atomic E-state index is -0.912. The normalized spacial score (nSPS) is 35.6. The number of fused-ring (bicyclic) bond motifs is 1. The van der Waals surface area contributed by atoms with E-state index in [1.165, 1.54) is 0 Å². The van der Waals surface area contributed by atoms with E-state index >= 15 is 0 Å². The Labute approximate surface area is 76.2 Å². The predicted molar refractivity (Wildman–Crippen MR) is 42.7 cm³/mol. The molecule has 0 bridgehead atoms. The summed E-state index contributed by atoms with van der Waals surface area (Å²) >= 11 is 0. The Morgan fingerprint density at radius 2 is 2.38 bits per heavy atom. The lowest BCUT2D eigenvalue weighted by Gasteiger charge is -2.11. The maximum atomic E-state index is 11.5. The molecule has 2 atom stereocenters. The fourth-order valence-electron chi connectivity index (χ4n) is 1.74. The van der Waals surface area contributed by atoms with E-state index in [0.29, 0.717) is 13.0 Å². The molecule has 0 unspecified atom stereocenters. The maximum Gasteiger partial charge on any atom is 0.324 e. The first-order valence-electron chi connectivity index (χ1n) is 4.45. The molecule has 0 N–H and O–H groups in total. The van der Waals surface area contributed by atoms with E-state index in [2.05, 4.69) is 0 Å². The molecule has 0 radical (unpaired) electrons. The first-order chi connectivity index (χ1) is 6.07. The highest BCUT2D eigenvalue weighted by Gasteiger charge is 2.72. The van der Waals surface area contributed by atoms with Gasteiger partial charge in [-0.15, -0.1) is 0 Å². The van der Waals surface area contributed by atoms with Gasteiger partial charge in [-0.25, -0.2) is 0 Å². The van der Waals surface area contributed by atoms with Gasteiger partial charge in [0, 0.05) is 5.92 Å². The molecule has 0 aromatic heterocycles. The number of hydrogen-bond acceptors (Lipinski definition) is 4. The van der Waals surface area contributed by atoms with Gasteiger partial charge < -0.3 is 9.47 Å². The Bertz CT molecular complexity index is 271. The number of rotatable bonds is 2. The van der Waals surface area contributed by atoms with Gasteiger partial charge in [-0.1, -0.05) is 0 Å². The summed E-state index contributed by atoms with van der Waals surface area (Å²) in [7, 11) is 0. The summed E-state index contributed by atoms with van der Waals surface area (Å²) in [4.78, 5) is 22.7. The molecule has 72 valence electrons. The quantitative estimate of drug-likeness (QED) is 0.463. The van der Waals surface area contributed by atoms with Crippen molar-refractivity contribution in [3.05, 3.63) is 0 Å². The smallest absolute Gasteiger partial charge is 0.324 e. The number of ether oxygens (including phenoxy) is 2. The highest BCUT2D eigenvalue weighted by Crippen LogP contribution is 2.58. The molecule has 2 aliphatic rings. The Morgan fingerprint density at radius 3 is 2.77 bits per heavy atom. The second-order valence-electron chi connectivity index (χ2n) is 3.92. The van der Waals surface area contributed by atoms with Gasteiger partial charge in [-0.05, 0) is 20.3 Å². The molecule has 1 heterocycles. The van der Waals surface area contributed by atoms with E-state index in [1.807, 2.05) is 0 Å². The largest absolute Gasteiger partial charge is 0.464 e. The van der Waals surface area contributed by atoms with Gasteiger partial charge in [0.05, 0.1) is 12.7 Å². The minimum Gasteiger partial charge on any atom is -0.464 e. The summed E-state index contributed by atoms with van der Waals surface area (Å²) in [5.74, 6) is -0.732. The van der Waals surface area contributed by atoms with Gasteiger partial charge in [0.25, 0.3) is 0 Å². The molecule has 0 spiro atoms. The molecule has 1 aliphatic carbocycles. The molecule has 0 amide bonds. The Balaban J connectivity index is 2.09. The van der Waals surface area contributed by atoms with Crippen molar-refractivity contribution < 1.29 is 19.1 Å². The molecule has 4 heteroatoms. The molecule has 2 rings (SSSR count). The average Bonchev–Trinajstić information content (AvgIpc) is 2.67. The van der Waals surface area contributed by atoms with Crippen LogP contribution in [0.2, 0.25) is 0 Å². The first-order valence-corrected chi connectivity index (χ1v) is 4.45. The SMILES string of the molecule is CC(C)OC(=O)[C@]12C[C@H]1COC2=O. The number of carbonyl (C=O) groups excluding carboxylic acids is 2. The number of hydrogen-bond donors (Lipinski definition) is 0. The van der Waals surface area contributed by atoms with Gasteiger partial charge in [-0.3, -0.25) is 9.59 Å². The van der Waals surface area contributed by atoms with E-state index in [4.69, 9.17) is 9.47 Å². The Kier molecular flexibility index (Phi) is 1.62. The summed E-state index contributed by atoms with van der Waals surface area (Å²) in [6.07, 6.45) is 0.439. The average molecular weight is 184 g/mol. The van der Waals surface area contributed by atoms with Crippen molar-refractivity contribution >= 4 is 11.9 Å². The Morgan fingerprint density at radius 1 is 1.69 bits per heavy atom. The third-order valence-corrected chi connectivity index (χ3v) is 2.59. The maximum absolute atomic E-state index is 11.5. The van der Waals surface area contributed by atoms with Crippen LogP contribution in [0.1, 0.15) is 20.3 Å². The van der Waals surface area contributed by atoms with Crippen LogP contribution in [0.3, 0.4) is 0 Å². The highest BCUT2D eigenvalue weighted by atomic mass is 16.6. The van der Waals surface area contributed by atoms with Crippen LogP contribution in [0, 0.1) is 11.3 Å². The van der Waals surface area contributed by atoms with Crippen LogP contribution >= 0.6 is 0 Å². The minimum absolute atomic E-state index is 0.0752. The van der Waals surface area contributed by atoms with Crippen LogP contribution in [0.4, 0.5) is 0 Å². The topological polar surface area (TPSA) is 52.6 Å². The van der Waals surface area contributed by atoms with Gasteiger partial charge in [-0.2, -0.15) is 0 Å². The fourth-order valence-corrected chi connectivity index (χ4v) is 1.74. The molecule has 2 fully saturated rings. The van der Waals surface area contributed by atoms with Crippen molar-refractivity contribution in [2.75, 3.05) is 6.61 Å². The van der Waals surface area contributed by atoms with Crippen molar-refractivity contribution in [3.8, 4) is 0 Å². The monoisotopic (exact) mass is 184 g/mol. The van der Waals surface area contributed by atoms with Crippen LogP contribution in [0.5, 0.6) is 0 Å². The van der Waals surface area contributed by atoms with E-state index in [1.54, 1.807) is 13.8 Å². The number of esters is 2. The molecular formula is C9H12O4. The molecule has 0 aromatic rings. The third-order valence-electron chi connectivity index (χ3n) is 2.59. The summed E-state index contributed by atoms with van der Waals surface area (Å²) < 4.78 is 9.79. The Hall–Kier alpha value is -1.06. The lowest BCUT2D eigenvalue weighted by Crippen LogP contribution is -2.29. The van der Waals surface area contributed by atoms with E-state index in [9.17, 15) is 9.59 Å². The predicted octanol–water partition coefficient (Wildman–Crippen LogP) is 0.501. The van der Waals surface area contributed by atoms with Crippen LogP contribution in [0.25, 0.3) is 0 Å². The zero-order valence-corrected chi connectivity index (χ0v) is 7.70. The van der Waals surface area contributed by atoms with Crippen LogP contribution < -0.4 is 0 Å². The van der Waals surface area contributed by atoms with Crippen molar-refractivity contribution in [1.29, 1.82) is 0 Å². The van der Waals surface area contributed by atoms with Crippen LogP contribution in [-0.4, -0.2) is 24.6 Å². The van der Waals surface area contributed by atoms with Crippen molar-refractivity contribution in [2.45, 2.75) is 26.4 Å². The van der Waals surface area contributed by atoms with E-state index in [-0.39, 0.29) is 12.0 Å². The molecule has 4 nitrogen and oxygen atoms in total. The summed E-state index contributed by atoms with van der Waals surface area (Å²) in [5, 5.41) is 0. The zero-order chi connectivity index (χ0) is 9.64. The zero-order valence-electron chi connectivity index (χ0n) is 7.70. The van der Waals surface area contributed by atoms with E-state index in [0.717, 1.165) is 0 Å². The van der Waals surface area contributed by atoms with Crippen molar-refractivity contribution in [3.63, 3.8) is 0 Å². The van der Waals surface area contributed by atoms with Gasteiger partial charge in [0.1, 0.15) is 0 Å². The summed E-state index contributed by atoms with van der Waals surface area (Å²) in [6, 6.07) is 0. The summed E-state index contributed by atoms with van der Waals surface area (Å²) in [6.45, 7) is 3.92. The molecule has 0 aromatic carbocycles. The summed E-state index contributed by atoms with van der Waals surface area (Å²) in [5.41, 5.74) is -0.912. The van der Waals surface area contributed by atoms with Gasteiger partial charge in [0.15, 0.2) is 5.41 Å². The second-order valence-corrected chi connectivity index (χ2v) is 3.92. The molecule has 1 aliphatic heterocycles. The second kappa shape index (κ2) is 2.47. The van der Waals surface area contributed by atoms with Crippen molar-refractivity contribution in [2.24, 2.45) is 11.3 Å². The molecular weight excluding hydrogens is 172 g/mol. The van der Waals surface area contributed by atoms with Crippen LogP contribution in [0.15, 0.2) is 0 Å². The number of carbonyl (C=O) groups is 2. The molecule has 1 saturated heterocycles. The fraction of sp³-hybridized carbons (Fsp3) is 0.778. The third kappa shape index (κ3) is 1.04. The molecule has 13 heavy (non-hydrogen) atoms. The standard InChI is InChI=1S/C9H12O4/c1-5(2)13-8(11)9-3-6(9)4-12-7(9)10/h5-6H,3-4H2,1-2H3/t6-,9+/m0/s1. The first kappa shape index (κ1) is 8.53. The van der Waals surface area contributed by atoms with Gasteiger partial charge >= 0.3 is 11.9 Å². The molecule has 1 saturated carbocycles. The van der Waals surface area contributed by atoms with Crippen LogP contribution in [-0.2, 0) is 19.1 Å².